The fraction of sp³-hybridized carbons (Fsp3) is 1.00. The van der Waals surface area contributed by atoms with Crippen LogP contribution in [0.2, 0.25) is 0 Å². The summed E-state index contributed by atoms with van der Waals surface area (Å²) in [5, 5.41) is 3.70. The highest BCUT2D eigenvalue weighted by molar-refractivity contribution is 7.91. The van der Waals surface area contributed by atoms with E-state index in [1.807, 2.05) is 6.92 Å². The minimum atomic E-state index is -2.88. The molecular weight excluding hydrogens is 284 g/mol. The first-order valence-corrected chi connectivity index (χ1v) is 10.2. The van der Waals surface area contributed by atoms with Gasteiger partial charge in [-0.25, -0.2) is 8.42 Å². The fourth-order valence-corrected chi connectivity index (χ4v) is 4.76. The van der Waals surface area contributed by atoms with Crippen molar-refractivity contribution in [1.29, 1.82) is 0 Å². The Balaban J connectivity index is 1.99. The number of nitrogens with one attached hydrogen (secondary N) is 1. The molecule has 0 aromatic heterocycles. The highest BCUT2D eigenvalue weighted by Gasteiger charge is 2.40. The number of sulfone groups is 1. The van der Waals surface area contributed by atoms with Gasteiger partial charge in [0.2, 0.25) is 0 Å². The minimum absolute atomic E-state index is 0.177. The monoisotopic (exact) mass is 316 g/mol. The van der Waals surface area contributed by atoms with Crippen molar-refractivity contribution in [3.05, 3.63) is 0 Å². The molecule has 2 aliphatic rings. The van der Waals surface area contributed by atoms with Gasteiger partial charge in [-0.1, -0.05) is 27.7 Å². The molecule has 1 saturated heterocycles. The van der Waals surface area contributed by atoms with E-state index in [2.05, 4.69) is 31.0 Å². The highest BCUT2D eigenvalue weighted by atomic mass is 32.2. The summed E-state index contributed by atoms with van der Waals surface area (Å²) in [5.41, 5.74) is 0.177. The average Bonchev–Trinajstić information content (AvgIpc) is 3.19. The number of rotatable bonds is 6. The summed E-state index contributed by atoms with van der Waals surface area (Å²) in [6.07, 6.45) is 3.39. The van der Waals surface area contributed by atoms with Crippen LogP contribution in [0.5, 0.6) is 0 Å². The standard InChI is InChI=1S/C16H32N2O2S/c1-5-9-21(19,20)10-8-18-12-14(13-6-7-13)17-11-15(18)16(2,3)4/h13-15,17H,5-12H2,1-4H3. The van der Waals surface area contributed by atoms with E-state index in [1.54, 1.807) is 0 Å². The van der Waals surface area contributed by atoms with Crippen molar-refractivity contribution >= 4 is 9.84 Å². The Morgan fingerprint density at radius 2 is 1.86 bits per heavy atom. The van der Waals surface area contributed by atoms with Crippen LogP contribution in [0, 0.1) is 11.3 Å². The van der Waals surface area contributed by atoms with Gasteiger partial charge in [0, 0.05) is 37.5 Å². The van der Waals surface area contributed by atoms with Gasteiger partial charge in [-0.2, -0.15) is 0 Å². The van der Waals surface area contributed by atoms with E-state index in [4.69, 9.17) is 0 Å². The first-order chi connectivity index (χ1) is 9.73. The number of piperazine rings is 1. The lowest BCUT2D eigenvalue weighted by atomic mass is 9.83. The van der Waals surface area contributed by atoms with Crippen LogP contribution in [-0.2, 0) is 9.84 Å². The van der Waals surface area contributed by atoms with Crippen LogP contribution >= 0.6 is 0 Å². The summed E-state index contributed by atoms with van der Waals surface area (Å²) in [6, 6.07) is 0.988. The Morgan fingerprint density at radius 1 is 1.19 bits per heavy atom. The second kappa shape index (κ2) is 6.55. The number of hydrogen-bond acceptors (Lipinski definition) is 4. The third-order valence-electron chi connectivity index (χ3n) is 4.84. The zero-order chi connectivity index (χ0) is 15.7. The van der Waals surface area contributed by atoms with Crippen LogP contribution < -0.4 is 5.32 Å². The topological polar surface area (TPSA) is 49.4 Å². The molecule has 0 amide bonds. The lowest BCUT2D eigenvalue weighted by Gasteiger charge is -2.46. The quantitative estimate of drug-likeness (QED) is 0.813. The summed E-state index contributed by atoms with van der Waals surface area (Å²) < 4.78 is 24.0. The van der Waals surface area contributed by atoms with Crippen molar-refractivity contribution in [3.63, 3.8) is 0 Å². The van der Waals surface area contributed by atoms with Crippen molar-refractivity contribution in [1.82, 2.24) is 10.2 Å². The van der Waals surface area contributed by atoms with Crippen molar-refractivity contribution in [2.24, 2.45) is 11.3 Å². The van der Waals surface area contributed by atoms with E-state index >= 15 is 0 Å². The lowest BCUT2D eigenvalue weighted by Crippen LogP contribution is -2.61. The molecule has 124 valence electrons. The summed E-state index contributed by atoms with van der Waals surface area (Å²) >= 11 is 0. The van der Waals surface area contributed by atoms with E-state index in [1.165, 1.54) is 12.8 Å². The molecule has 1 saturated carbocycles. The molecule has 0 radical (unpaired) electrons. The van der Waals surface area contributed by atoms with Crippen LogP contribution in [0.1, 0.15) is 47.0 Å². The van der Waals surface area contributed by atoms with E-state index in [0.29, 0.717) is 30.1 Å². The molecule has 1 heterocycles. The van der Waals surface area contributed by atoms with Crippen LogP contribution in [0.3, 0.4) is 0 Å². The molecule has 0 bridgehead atoms. The molecule has 2 rings (SSSR count). The van der Waals surface area contributed by atoms with E-state index in [9.17, 15) is 8.42 Å². The maximum atomic E-state index is 12.0. The van der Waals surface area contributed by atoms with Crippen LogP contribution in [0.25, 0.3) is 0 Å². The van der Waals surface area contributed by atoms with Gasteiger partial charge in [-0.05, 0) is 30.6 Å². The molecule has 2 fully saturated rings. The van der Waals surface area contributed by atoms with Gasteiger partial charge in [0.25, 0.3) is 0 Å². The Morgan fingerprint density at radius 3 is 2.38 bits per heavy atom. The molecule has 0 spiro atoms. The number of nitrogens with zero attached hydrogens (tertiary/aromatic N) is 1. The summed E-state index contributed by atoms with van der Waals surface area (Å²) in [4.78, 5) is 2.44. The molecule has 0 aromatic rings. The van der Waals surface area contributed by atoms with E-state index in [-0.39, 0.29) is 5.41 Å². The van der Waals surface area contributed by atoms with Gasteiger partial charge in [-0.3, -0.25) is 4.90 Å². The van der Waals surface area contributed by atoms with Crippen LogP contribution in [0.4, 0.5) is 0 Å². The molecule has 5 heteroatoms. The largest absolute Gasteiger partial charge is 0.311 e. The Labute approximate surface area is 130 Å². The molecule has 21 heavy (non-hydrogen) atoms. The summed E-state index contributed by atoms with van der Waals surface area (Å²) in [7, 11) is -2.88. The zero-order valence-electron chi connectivity index (χ0n) is 14.1. The van der Waals surface area contributed by atoms with Gasteiger partial charge in [0.05, 0.1) is 5.75 Å². The molecule has 1 aliphatic carbocycles. The molecule has 2 atom stereocenters. The predicted octanol–water partition coefficient (Wildman–Crippen LogP) is 1.91. The summed E-state index contributed by atoms with van der Waals surface area (Å²) in [5.74, 6) is 1.46. The molecule has 1 N–H and O–H groups in total. The normalized spacial score (nSPS) is 28.8. The average molecular weight is 317 g/mol. The van der Waals surface area contributed by atoms with Gasteiger partial charge in [0.15, 0.2) is 9.84 Å². The molecule has 0 aromatic carbocycles. The first kappa shape index (κ1) is 17.2. The Kier molecular flexibility index (Phi) is 5.37. The second-order valence-corrected chi connectivity index (χ2v) is 10.2. The molecule has 4 nitrogen and oxygen atoms in total. The minimum Gasteiger partial charge on any atom is -0.311 e. The van der Waals surface area contributed by atoms with Gasteiger partial charge in [0.1, 0.15) is 0 Å². The summed E-state index contributed by atoms with van der Waals surface area (Å²) in [6.45, 7) is 11.4. The Hall–Kier alpha value is -0.130. The smallest absolute Gasteiger partial charge is 0.151 e. The Bertz CT molecular complexity index is 438. The van der Waals surface area contributed by atoms with E-state index in [0.717, 1.165) is 25.4 Å². The van der Waals surface area contributed by atoms with Crippen LogP contribution in [-0.4, -0.2) is 56.5 Å². The molecule has 2 unspecified atom stereocenters. The maximum Gasteiger partial charge on any atom is 0.151 e. The third-order valence-corrected chi connectivity index (χ3v) is 6.68. The van der Waals surface area contributed by atoms with E-state index < -0.39 is 9.84 Å². The van der Waals surface area contributed by atoms with Crippen molar-refractivity contribution < 1.29 is 8.42 Å². The zero-order valence-corrected chi connectivity index (χ0v) is 14.9. The van der Waals surface area contributed by atoms with Crippen molar-refractivity contribution in [2.75, 3.05) is 31.1 Å². The van der Waals surface area contributed by atoms with Gasteiger partial charge < -0.3 is 5.32 Å². The van der Waals surface area contributed by atoms with Crippen molar-refractivity contribution in [2.45, 2.75) is 59.0 Å². The molecule has 1 aliphatic heterocycles. The number of hydrogen-bond donors (Lipinski definition) is 1. The third kappa shape index (κ3) is 4.93. The van der Waals surface area contributed by atoms with Crippen LogP contribution in [0.15, 0.2) is 0 Å². The predicted molar refractivity (Wildman–Crippen MR) is 88.3 cm³/mol. The highest BCUT2D eigenvalue weighted by Crippen LogP contribution is 2.36. The maximum absolute atomic E-state index is 12.0. The fourth-order valence-electron chi connectivity index (χ4n) is 3.42. The second-order valence-electron chi connectivity index (χ2n) is 7.88. The van der Waals surface area contributed by atoms with Crippen molar-refractivity contribution in [3.8, 4) is 0 Å². The van der Waals surface area contributed by atoms with Gasteiger partial charge >= 0.3 is 0 Å². The van der Waals surface area contributed by atoms with Gasteiger partial charge in [-0.15, -0.1) is 0 Å². The molecular formula is C16H32N2O2S. The lowest BCUT2D eigenvalue weighted by molar-refractivity contribution is 0.0565. The SMILES string of the molecule is CCCS(=O)(=O)CCN1CC(C2CC2)NCC1C(C)(C)C. The first-order valence-electron chi connectivity index (χ1n) is 8.41.